The van der Waals surface area contributed by atoms with Crippen molar-refractivity contribution >= 4 is 35.1 Å². The second-order valence-electron chi connectivity index (χ2n) is 4.80. The average Bonchev–Trinajstić information content (AvgIpc) is 2.59. The number of ether oxygens (including phenoxy) is 2. The largest absolute Gasteiger partial charge is 0.482 e. The molecule has 1 amide bonds. The van der Waals surface area contributed by atoms with Crippen LogP contribution in [0.4, 0.5) is 0 Å². The van der Waals surface area contributed by atoms with Gasteiger partial charge >= 0.3 is 5.97 Å². The highest BCUT2D eigenvalue weighted by molar-refractivity contribution is 6.35. The summed E-state index contributed by atoms with van der Waals surface area (Å²) in [6.07, 6.45) is 0. The maximum absolute atomic E-state index is 12.1. The van der Waals surface area contributed by atoms with Gasteiger partial charge in [-0.25, -0.2) is 4.79 Å². The number of carbonyl (C=O) groups excluding carboxylic acids is 2. The second kappa shape index (κ2) is 8.57. The molecule has 0 aliphatic heterocycles. The third-order valence-corrected chi connectivity index (χ3v) is 3.66. The van der Waals surface area contributed by atoms with Crippen LogP contribution in [0.15, 0.2) is 48.5 Å². The summed E-state index contributed by atoms with van der Waals surface area (Å²) in [5.41, 5.74) is 0.613. The summed E-state index contributed by atoms with van der Waals surface area (Å²) in [7, 11) is 1.26. The second-order valence-corrected chi connectivity index (χ2v) is 5.64. The van der Waals surface area contributed by atoms with Crippen molar-refractivity contribution < 1.29 is 19.1 Å². The van der Waals surface area contributed by atoms with Crippen LogP contribution in [0.5, 0.6) is 5.75 Å². The Labute approximate surface area is 149 Å². The molecule has 0 aliphatic carbocycles. The lowest BCUT2D eigenvalue weighted by atomic mass is 10.1. The topological polar surface area (TPSA) is 64.6 Å². The normalized spacial score (nSPS) is 11.5. The fraction of sp³-hybridized carbons (Fsp3) is 0.176. The summed E-state index contributed by atoms with van der Waals surface area (Å²) in [4.78, 5) is 24.0. The highest BCUT2D eigenvalue weighted by Crippen LogP contribution is 2.27. The number of carbonyl (C=O) groups is 2. The van der Waals surface area contributed by atoms with E-state index in [9.17, 15) is 9.59 Å². The zero-order valence-electron chi connectivity index (χ0n) is 12.8. The Morgan fingerprint density at radius 2 is 1.83 bits per heavy atom. The van der Waals surface area contributed by atoms with Crippen molar-refractivity contribution in [2.24, 2.45) is 0 Å². The fourth-order valence-corrected chi connectivity index (χ4v) is 2.44. The molecule has 0 fully saturated rings. The van der Waals surface area contributed by atoms with E-state index in [0.717, 1.165) is 0 Å². The monoisotopic (exact) mass is 367 g/mol. The van der Waals surface area contributed by atoms with Crippen LogP contribution in [0.25, 0.3) is 0 Å². The predicted octanol–water partition coefficient (Wildman–Crippen LogP) is 3.40. The molecule has 0 aromatic heterocycles. The molecule has 24 heavy (non-hydrogen) atoms. The SMILES string of the molecule is COC(=O)C(NC(=O)COc1ccc(Cl)cc1Cl)c1ccccc1. The minimum Gasteiger partial charge on any atom is -0.482 e. The number of hydrogen-bond donors (Lipinski definition) is 1. The lowest BCUT2D eigenvalue weighted by molar-refractivity contribution is -0.145. The van der Waals surface area contributed by atoms with Crippen molar-refractivity contribution in [1.82, 2.24) is 5.32 Å². The van der Waals surface area contributed by atoms with Crippen LogP contribution in [0.2, 0.25) is 10.0 Å². The van der Waals surface area contributed by atoms with E-state index < -0.39 is 17.9 Å². The van der Waals surface area contributed by atoms with Crippen LogP contribution >= 0.6 is 23.2 Å². The highest BCUT2D eigenvalue weighted by atomic mass is 35.5. The summed E-state index contributed by atoms with van der Waals surface area (Å²) < 4.78 is 10.1. The van der Waals surface area contributed by atoms with Gasteiger partial charge in [-0.05, 0) is 23.8 Å². The lowest BCUT2D eigenvalue weighted by Gasteiger charge is -2.17. The molecule has 126 valence electrons. The first-order chi connectivity index (χ1) is 11.5. The Morgan fingerprint density at radius 3 is 2.46 bits per heavy atom. The number of nitrogens with one attached hydrogen (secondary N) is 1. The molecule has 0 saturated carbocycles. The van der Waals surface area contributed by atoms with Crippen LogP contribution in [-0.4, -0.2) is 25.6 Å². The summed E-state index contributed by atoms with van der Waals surface area (Å²) in [5, 5.41) is 3.34. The van der Waals surface area contributed by atoms with Crippen molar-refractivity contribution in [3.63, 3.8) is 0 Å². The molecule has 7 heteroatoms. The van der Waals surface area contributed by atoms with Crippen LogP contribution < -0.4 is 10.1 Å². The molecule has 2 rings (SSSR count). The summed E-state index contributed by atoms with van der Waals surface area (Å²) in [6, 6.07) is 12.5. The molecule has 5 nitrogen and oxygen atoms in total. The molecule has 2 aromatic rings. The van der Waals surface area contributed by atoms with E-state index in [1.807, 2.05) is 6.07 Å². The van der Waals surface area contributed by atoms with E-state index >= 15 is 0 Å². The smallest absolute Gasteiger partial charge is 0.333 e. The number of hydrogen-bond acceptors (Lipinski definition) is 4. The standard InChI is InChI=1S/C17H15Cl2NO4/c1-23-17(22)16(11-5-3-2-4-6-11)20-15(21)10-24-14-8-7-12(18)9-13(14)19/h2-9,16H,10H2,1H3,(H,20,21). The van der Waals surface area contributed by atoms with Crippen molar-refractivity contribution in [2.45, 2.75) is 6.04 Å². The number of rotatable bonds is 6. The Hall–Kier alpha value is -2.24. The molecule has 0 bridgehead atoms. The lowest BCUT2D eigenvalue weighted by Crippen LogP contribution is -2.37. The van der Waals surface area contributed by atoms with Gasteiger partial charge in [0.15, 0.2) is 12.6 Å². The first-order valence-electron chi connectivity index (χ1n) is 7.01. The van der Waals surface area contributed by atoms with E-state index in [1.165, 1.54) is 13.2 Å². The quantitative estimate of drug-likeness (QED) is 0.794. The van der Waals surface area contributed by atoms with Crippen molar-refractivity contribution in [3.8, 4) is 5.75 Å². The van der Waals surface area contributed by atoms with E-state index in [2.05, 4.69) is 5.32 Å². The number of benzene rings is 2. The minimum absolute atomic E-state index is 0.294. The predicted molar refractivity (Wildman–Crippen MR) is 91.3 cm³/mol. The van der Waals surface area contributed by atoms with E-state index in [-0.39, 0.29) is 6.61 Å². The Balaban J connectivity index is 2.01. The first-order valence-corrected chi connectivity index (χ1v) is 7.77. The maximum Gasteiger partial charge on any atom is 0.333 e. The zero-order chi connectivity index (χ0) is 17.5. The molecular formula is C17H15Cl2NO4. The van der Waals surface area contributed by atoms with Gasteiger partial charge in [0.2, 0.25) is 0 Å². The Morgan fingerprint density at radius 1 is 1.12 bits per heavy atom. The third kappa shape index (κ3) is 4.88. The molecule has 1 atom stereocenters. The van der Waals surface area contributed by atoms with Crippen molar-refractivity contribution in [1.29, 1.82) is 0 Å². The van der Waals surface area contributed by atoms with Gasteiger partial charge in [-0.15, -0.1) is 0 Å². The van der Waals surface area contributed by atoms with Gasteiger partial charge < -0.3 is 14.8 Å². The molecule has 0 radical (unpaired) electrons. The molecule has 0 spiro atoms. The van der Waals surface area contributed by atoms with E-state index in [1.54, 1.807) is 36.4 Å². The molecule has 1 unspecified atom stereocenters. The van der Waals surface area contributed by atoms with Crippen molar-refractivity contribution in [2.75, 3.05) is 13.7 Å². The number of esters is 1. The molecule has 0 aliphatic rings. The molecule has 1 N–H and O–H groups in total. The van der Waals surface area contributed by atoms with Crippen LogP contribution in [0.1, 0.15) is 11.6 Å². The molecular weight excluding hydrogens is 353 g/mol. The van der Waals surface area contributed by atoms with Gasteiger partial charge in [0.1, 0.15) is 5.75 Å². The first kappa shape index (κ1) is 18.1. The van der Waals surface area contributed by atoms with Crippen molar-refractivity contribution in [3.05, 3.63) is 64.1 Å². The van der Waals surface area contributed by atoms with Crippen LogP contribution in [0, 0.1) is 0 Å². The van der Waals surface area contributed by atoms with E-state index in [0.29, 0.717) is 21.4 Å². The Kier molecular flexibility index (Phi) is 6.46. The minimum atomic E-state index is -0.909. The summed E-state index contributed by atoms with van der Waals surface area (Å²) in [5.74, 6) is -0.732. The average molecular weight is 368 g/mol. The molecule has 2 aromatic carbocycles. The summed E-state index contributed by atoms with van der Waals surface area (Å²) in [6.45, 7) is -0.304. The zero-order valence-corrected chi connectivity index (χ0v) is 14.3. The number of halogens is 2. The van der Waals surface area contributed by atoms with Crippen LogP contribution in [-0.2, 0) is 14.3 Å². The van der Waals surface area contributed by atoms with Gasteiger partial charge in [-0.3, -0.25) is 4.79 Å². The van der Waals surface area contributed by atoms with E-state index in [4.69, 9.17) is 32.7 Å². The van der Waals surface area contributed by atoms with Gasteiger partial charge in [0.25, 0.3) is 5.91 Å². The fourth-order valence-electron chi connectivity index (χ4n) is 1.98. The number of methoxy groups -OCH3 is 1. The maximum atomic E-state index is 12.1. The summed E-state index contributed by atoms with van der Waals surface area (Å²) >= 11 is 11.8. The highest BCUT2D eigenvalue weighted by Gasteiger charge is 2.23. The third-order valence-electron chi connectivity index (χ3n) is 3.13. The molecule has 0 heterocycles. The van der Waals surface area contributed by atoms with Gasteiger partial charge in [-0.1, -0.05) is 53.5 Å². The van der Waals surface area contributed by atoms with Gasteiger partial charge in [-0.2, -0.15) is 0 Å². The number of amides is 1. The van der Waals surface area contributed by atoms with Gasteiger partial charge in [0.05, 0.1) is 12.1 Å². The molecule has 0 saturated heterocycles. The Bertz CT molecular complexity index is 722. The van der Waals surface area contributed by atoms with Crippen LogP contribution in [0.3, 0.4) is 0 Å². The van der Waals surface area contributed by atoms with Gasteiger partial charge in [0, 0.05) is 5.02 Å².